The van der Waals surface area contributed by atoms with Crippen molar-refractivity contribution in [2.45, 2.75) is 62.6 Å². The van der Waals surface area contributed by atoms with Crippen molar-refractivity contribution in [3.8, 4) is 0 Å². The van der Waals surface area contributed by atoms with Crippen LogP contribution >= 0.6 is 11.6 Å². The molecule has 1 aromatic rings. The molecule has 1 aliphatic rings. The van der Waals surface area contributed by atoms with Gasteiger partial charge in [-0.1, -0.05) is 17.7 Å². The lowest BCUT2D eigenvalue weighted by molar-refractivity contribution is 0.157. The number of nitrogens with one attached hydrogen (secondary N) is 2. The van der Waals surface area contributed by atoms with Gasteiger partial charge in [-0.05, 0) is 58.7 Å². The number of piperidine rings is 1. The average molecular weight is 331 g/mol. The smallest absolute Gasteiger partial charge is 0.240 e. The Morgan fingerprint density at radius 1 is 1.19 bits per heavy atom. The van der Waals surface area contributed by atoms with E-state index in [2.05, 4.69) is 37.7 Å². The summed E-state index contributed by atoms with van der Waals surface area (Å²) in [4.78, 5) is 0.212. The molecule has 0 aromatic heterocycles. The molecule has 0 radical (unpaired) electrons. The van der Waals surface area contributed by atoms with Crippen LogP contribution in [0.5, 0.6) is 0 Å². The SMILES string of the molecule is CC1(C)CC(NS(=O)(=O)c2cccc(Cl)c2)CC(C)(C)N1. The highest BCUT2D eigenvalue weighted by Crippen LogP contribution is 2.29. The van der Waals surface area contributed by atoms with E-state index in [1.165, 1.54) is 6.07 Å². The van der Waals surface area contributed by atoms with Crippen LogP contribution in [0, 0.1) is 0 Å². The van der Waals surface area contributed by atoms with Crippen molar-refractivity contribution in [1.29, 1.82) is 0 Å². The predicted molar refractivity (Wildman–Crippen MR) is 86.1 cm³/mol. The summed E-state index contributed by atoms with van der Waals surface area (Å²) in [7, 11) is -3.54. The zero-order valence-electron chi connectivity index (χ0n) is 12.9. The van der Waals surface area contributed by atoms with Gasteiger partial charge in [0.25, 0.3) is 0 Å². The van der Waals surface area contributed by atoms with Crippen LogP contribution in [-0.2, 0) is 10.0 Å². The summed E-state index contributed by atoms with van der Waals surface area (Å²) < 4.78 is 27.8. The van der Waals surface area contributed by atoms with Crippen LogP contribution in [0.1, 0.15) is 40.5 Å². The molecular formula is C15H23ClN2O2S. The molecule has 21 heavy (non-hydrogen) atoms. The first-order valence-corrected chi connectivity index (χ1v) is 8.93. The van der Waals surface area contributed by atoms with Gasteiger partial charge in [-0.3, -0.25) is 0 Å². The molecule has 0 aliphatic carbocycles. The fraction of sp³-hybridized carbons (Fsp3) is 0.600. The van der Waals surface area contributed by atoms with Gasteiger partial charge < -0.3 is 5.32 Å². The zero-order chi connectivity index (χ0) is 15.9. The van der Waals surface area contributed by atoms with Crippen LogP contribution in [0.3, 0.4) is 0 Å². The van der Waals surface area contributed by atoms with Gasteiger partial charge in [-0.15, -0.1) is 0 Å². The molecule has 2 rings (SSSR count). The monoisotopic (exact) mass is 330 g/mol. The Kier molecular flexibility index (Phi) is 4.42. The Morgan fingerprint density at radius 3 is 2.29 bits per heavy atom. The van der Waals surface area contributed by atoms with Gasteiger partial charge in [0, 0.05) is 22.1 Å². The summed E-state index contributed by atoms with van der Waals surface area (Å²) in [6.07, 6.45) is 1.49. The van der Waals surface area contributed by atoms with Crippen LogP contribution in [0.2, 0.25) is 5.02 Å². The first kappa shape index (κ1) is 16.7. The predicted octanol–water partition coefficient (Wildman–Crippen LogP) is 2.93. The fourth-order valence-corrected chi connectivity index (χ4v) is 4.86. The molecule has 0 bridgehead atoms. The van der Waals surface area contributed by atoms with Gasteiger partial charge in [0.15, 0.2) is 0 Å². The van der Waals surface area contributed by atoms with Crippen LogP contribution in [-0.4, -0.2) is 25.5 Å². The second-order valence-electron chi connectivity index (χ2n) is 7.08. The average Bonchev–Trinajstić information content (AvgIpc) is 2.23. The Balaban J connectivity index is 2.20. The van der Waals surface area contributed by atoms with Crippen molar-refractivity contribution in [2.24, 2.45) is 0 Å². The number of rotatable bonds is 3. The molecule has 1 heterocycles. The first-order valence-electron chi connectivity index (χ1n) is 7.06. The van der Waals surface area contributed by atoms with E-state index in [9.17, 15) is 8.42 Å². The van der Waals surface area contributed by atoms with Crippen LogP contribution in [0.25, 0.3) is 0 Å². The minimum atomic E-state index is -3.54. The van der Waals surface area contributed by atoms with Crippen molar-refractivity contribution < 1.29 is 8.42 Å². The van der Waals surface area contributed by atoms with Crippen molar-refractivity contribution in [1.82, 2.24) is 10.0 Å². The van der Waals surface area contributed by atoms with Crippen molar-refractivity contribution in [3.63, 3.8) is 0 Å². The molecule has 0 spiro atoms. The summed E-state index contributed by atoms with van der Waals surface area (Å²) in [6.45, 7) is 8.37. The molecule has 1 aliphatic heterocycles. The van der Waals surface area contributed by atoms with Gasteiger partial charge in [0.2, 0.25) is 10.0 Å². The number of benzene rings is 1. The molecular weight excluding hydrogens is 308 g/mol. The van der Waals surface area contributed by atoms with E-state index in [1.54, 1.807) is 18.2 Å². The van der Waals surface area contributed by atoms with E-state index < -0.39 is 10.0 Å². The van der Waals surface area contributed by atoms with Gasteiger partial charge >= 0.3 is 0 Å². The van der Waals surface area contributed by atoms with Crippen LogP contribution in [0.4, 0.5) is 0 Å². The molecule has 1 aromatic carbocycles. The summed E-state index contributed by atoms with van der Waals surface area (Å²) in [5, 5.41) is 3.96. The van der Waals surface area contributed by atoms with Crippen LogP contribution in [0.15, 0.2) is 29.2 Å². The maximum absolute atomic E-state index is 12.5. The summed E-state index contributed by atoms with van der Waals surface area (Å²) in [5.74, 6) is 0. The first-order chi connectivity index (χ1) is 9.49. The quantitative estimate of drug-likeness (QED) is 0.896. The minimum absolute atomic E-state index is 0.0970. The normalized spacial score (nSPS) is 22.1. The summed E-state index contributed by atoms with van der Waals surface area (Å²) in [5.41, 5.74) is -0.216. The Morgan fingerprint density at radius 2 is 1.76 bits per heavy atom. The van der Waals surface area contributed by atoms with Gasteiger partial charge in [-0.2, -0.15) is 0 Å². The standard InChI is InChI=1S/C15H23ClN2O2S/c1-14(2)9-12(10-15(3,4)18-14)17-21(19,20)13-7-5-6-11(16)8-13/h5-8,12,17-18H,9-10H2,1-4H3. The number of hydrogen-bond acceptors (Lipinski definition) is 3. The highest BCUT2D eigenvalue weighted by molar-refractivity contribution is 7.89. The lowest BCUT2D eigenvalue weighted by Crippen LogP contribution is -2.62. The van der Waals surface area contributed by atoms with Crippen LogP contribution < -0.4 is 10.0 Å². The fourth-order valence-electron chi connectivity index (χ4n) is 3.33. The van der Waals surface area contributed by atoms with Gasteiger partial charge in [0.1, 0.15) is 0 Å². The third-order valence-corrected chi connectivity index (χ3v) is 5.37. The van der Waals surface area contributed by atoms with E-state index in [-0.39, 0.29) is 22.0 Å². The van der Waals surface area contributed by atoms with E-state index in [1.807, 2.05) is 0 Å². The lowest BCUT2D eigenvalue weighted by atomic mass is 9.80. The highest BCUT2D eigenvalue weighted by atomic mass is 35.5. The molecule has 2 N–H and O–H groups in total. The van der Waals surface area contributed by atoms with Gasteiger partial charge in [-0.25, -0.2) is 13.1 Å². The van der Waals surface area contributed by atoms with E-state index in [0.29, 0.717) is 5.02 Å². The molecule has 0 unspecified atom stereocenters. The third-order valence-electron chi connectivity index (χ3n) is 3.62. The molecule has 0 amide bonds. The second-order valence-corrected chi connectivity index (χ2v) is 9.23. The lowest BCUT2D eigenvalue weighted by Gasteiger charge is -2.46. The van der Waals surface area contributed by atoms with E-state index in [0.717, 1.165) is 12.8 Å². The van der Waals surface area contributed by atoms with Crippen molar-refractivity contribution in [3.05, 3.63) is 29.3 Å². The Hall–Kier alpha value is -0.620. The highest BCUT2D eigenvalue weighted by Gasteiger charge is 2.39. The maximum atomic E-state index is 12.5. The minimum Gasteiger partial charge on any atom is -0.307 e. The number of hydrogen-bond donors (Lipinski definition) is 2. The van der Waals surface area contributed by atoms with Gasteiger partial charge in [0.05, 0.1) is 4.90 Å². The summed E-state index contributed by atoms with van der Waals surface area (Å²) >= 11 is 5.88. The number of sulfonamides is 1. The van der Waals surface area contributed by atoms with Crippen molar-refractivity contribution in [2.75, 3.05) is 0 Å². The molecule has 0 atom stereocenters. The molecule has 118 valence electrons. The summed E-state index contributed by atoms with van der Waals surface area (Å²) in [6, 6.07) is 6.25. The number of halogens is 1. The largest absolute Gasteiger partial charge is 0.307 e. The topological polar surface area (TPSA) is 58.2 Å². The van der Waals surface area contributed by atoms with Crippen molar-refractivity contribution >= 4 is 21.6 Å². The Bertz CT molecular complexity index is 610. The maximum Gasteiger partial charge on any atom is 0.240 e. The molecule has 1 saturated heterocycles. The molecule has 0 saturated carbocycles. The van der Waals surface area contributed by atoms with E-state index in [4.69, 9.17) is 11.6 Å². The molecule has 4 nitrogen and oxygen atoms in total. The second kappa shape index (κ2) is 5.54. The Labute approximate surface area is 132 Å². The molecule has 1 fully saturated rings. The third kappa shape index (κ3) is 4.42. The zero-order valence-corrected chi connectivity index (χ0v) is 14.5. The molecule has 6 heteroatoms. The van der Waals surface area contributed by atoms with E-state index >= 15 is 0 Å².